The predicted octanol–water partition coefficient (Wildman–Crippen LogP) is 3.29. The second-order valence-electron chi connectivity index (χ2n) is 2.96. The number of halogens is 1. The van der Waals surface area contributed by atoms with E-state index in [1.807, 2.05) is 38.1 Å². The summed E-state index contributed by atoms with van der Waals surface area (Å²) in [4.78, 5) is 0. The minimum atomic E-state index is 0.557. The zero-order valence-corrected chi connectivity index (χ0v) is 9.97. The van der Waals surface area contributed by atoms with Gasteiger partial charge in [-0.15, -0.1) is 0 Å². The Bertz CT molecular complexity index is 347. The Labute approximate surface area is 92.9 Å². The van der Waals surface area contributed by atoms with Crippen LogP contribution in [0.3, 0.4) is 0 Å². The van der Waals surface area contributed by atoms with Crippen LogP contribution in [0.1, 0.15) is 12.5 Å². The number of anilines is 1. The van der Waals surface area contributed by atoms with Gasteiger partial charge in [-0.3, -0.25) is 0 Å². The average molecular weight is 256 g/mol. The first kappa shape index (κ1) is 11.1. The third-order valence-electron chi connectivity index (χ3n) is 1.98. The molecule has 0 aliphatic heterocycles. The first-order valence-corrected chi connectivity index (χ1v) is 5.24. The molecule has 2 nitrogen and oxygen atoms in total. The van der Waals surface area contributed by atoms with Gasteiger partial charge in [0, 0.05) is 4.47 Å². The van der Waals surface area contributed by atoms with Crippen LogP contribution in [0.4, 0.5) is 5.69 Å². The molecule has 14 heavy (non-hydrogen) atoms. The van der Waals surface area contributed by atoms with Crippen LogP contribution in [-0.4, -0.2) is 6.61 Å². The van der Waals surface area contributed by atoms with Crippen LogP contribution in [0.5, 0.6) is 5.75 Å². The summed E-state index contributed by atoms with van der Waals surface area (Å²) in [5.74, 6) is 0.740. The van der Waals surface area contributed by atoms with E-state index in [1.165, 1.54) is 0 Å². The number of hydrogen-bond acceptors (Lipinski definition) is 2. The lowest BCUT2D eigenvalue weighted by Crippen LogP contribution is -1.99. The fourth-order valence-corrected chi connectivity index (χ4v) is 1.38. The highest BCUT2D eigenvalue weighted by Crippen LogP contribution is 2.30. The van der Waals surface area contributed by atoms with Crippen LogP contribution in [0, 0.1) is 6.92 Å². The molecule has 1 aromatic carbocycles. The fraction of sp³-hybridized carbons (Fsp3) is 0.273. The maximum absolute atomic E-state index is 5.89. The molecule has 0 aromatic heterocycles. The summed E-state index contributed by atoms with van der Waals surface area (Å²) in [5.41, 5.74) is 7.60. The van der Waals surface area contributed by atoms with Crippen molar-refractivity contribution in [3.63, 3.8) is 0 Å². The smallest absolute Gasteiger partial charge is 0.143 e. The van der Waals surface area contributed by atoms with E-state index in [1.54, 1.807) is 0 Å². The molecule has 0 radical (unpaired) electrons. The number of allylic oxidation sites excluding steroid dienone is 1. The molecule has 0 bridgehead atoms. The van der Waals surface area contributed by atoms with E-state index in [9.17, 15) is 0 Å². The predicted molar refractivity (Wildman–Crippen MR) is 63.6 cm³/mol. The molecule has 0 atom stereocenters. The Kier molecular flexibility index (Phi) is 4.01. The molecule has 76 valence electrons. The van der Waals surface area contributed by atoms with Crippen LogP contribution in [0.15, 0.2) is 28.8 Å². The van der Waals surface area contributed by atoms with E-state index in [0.29, 0.717) is 12.3 Å². The summed E-state index contributed by atoms with van der Waals surface area (Å²) >= 11 is 3.41. The summed E-state index contributed by atoms with van der Waals surface area (Å²) in [6.07, 6.45) is 3.89. The molecule has 0 spiro atoms. The monoisotopic (exact) mass is 255 g/mol. The van der Waals surface area contributed by atoms with Gasteiger partial charge in [-0.2, -0.15) is 0 Å². The summed E-state index contributed by atoms with van der Waals surface area (Å²) in [7, 11) is 0. The molecule has 2 N–H and O–H groups in total. The largest absolute Gasteiger partial charge is 0.487 e. The van der Waals surface area contributed by atoms with Crippen molar-refractivity contribution in [1.29, 1.82) is 0 Å². The molecule has 0 aliphatic rings. The SMILES string of the molecule is C/C=C/COc1ccc(Br)c(C)c1N. The summed E-state index contributed by atoms with van der Waals surface area (Å²) in [6.45, 7) is 4.48. The van der Waals surface area contributed by atoms with Crippen molar-refractivity contribution in [2.45, 2.75) is 13.8 Å². The van der Waals surface area contributed by atoms with Crippen molar-refractivity contribution in [2.24, 2.45) is 0 Å². The summed E-state index contributed by atoms with van der Waals surface area (Å²) in [6, 6.07) is 3.81. The summed E-state index contributed by atoms with van der Waals surface area (Å²) in [5, 5.41) is 0. The third kappa shape index (κ3) is 2.51. The van der Waals surface area contributed by atoms with E-state index in [-0.39, 0.29) is 0 Å². The molecule has 0 saturated heterocycles. The molecule has 1 rings (SSSR count). The van der Waals surface area contributed by atoms with Gasteiger partial charge in [-0.1, -0.05) is 28.1 Å². The Morgan fingerprint density at radius 3 is 2.86 bits per heavy atom. The number of rotatable bonds is 3. The minimum absolute atomic E-state index is 0.557. The van der Waals surface area contributed by atoms with Gasteiger partial charge in [0.05, 0.1) is 5.69 Å². The van der Waals surface area contributed by atoms with E-state index >= 15 is 0 Å². The normalized spacial score (nSPS) is 10.8. The second kappa shape index (κ2) is 5.05. The van der Waals surface area contributed by atoms with Crippen molar-refractivity contribution in [1.82, 2.24) is 0 Å². The number of benzene rings is 1. The topological polar surface area (TPSA) is 35.2 Å². The number of hydrogen-bond donors (Lipinski definition) is 1. The van der Waals surface area contributed by atoms with Crippen LogP contribution >= 0.6 is 15.9 Å². The molecule has 0 fully saturated rings. The second-order valence-corrected chi connectivity index (χ2v) is 3.82. The Morgan fingerprint density at radius 2 is 2.21 bits per heavy atom. The molecule has 0 saturated carbocycles. The molecule has 0 amide bonds. The summed E-state index contributed by atoms with van der Waals surface area (Å²) < 4.78 is 6.49. The van der Waals surface area contributed by atoms with Gasteiger partial charge in [-0.25, -0.2) is 0 Å². The van der Waals surface area contributed by atoms with Gasteiger partial charge in [0.15, 0.2) is 0 Å². The van der Waals surface area contributed by atoms with Gasteiger partial charge >= 0.3 is 0 Å². The lowest BCUT2D eigenvalue weighted by Gasteiger charge is -2.10. The first-order valence-electron chi connectivity index (χ1n) is 4.45. The maximum Gasteiger partial charge on any atom is 0.143 e. The van der Waals surface area contributed by atoms with Crippen molar-refractivity contribution in [2.75, 3.05) is 12.3 Å². The minimum Gasteiger partial charge on any atom is -0.487 e. The number of nitrogens with two attached hydrogens (primary N) is 1. The number of ether oxygens (including phenoxy) is 1. The molecule has 0 heterocycles. The van der Waals surface area contributed by atoms with Gasteiger partial charge in [0.25, 0.3) is 0 Å². The Hall–Kier alpha value is -0.960. The van der Waals surface area contributed by atoms with E-state index in [2.05, 4.69) is 15.9 Å². The Balaban J connectivity index is 2.83. The van der Waals surface area contributed by atoms with Crippen LogP contribution < -0.4 is 10.5 Å². The van der Waals surface area contributed by atoms with Crippen molar-refractivity contribution < 1.29 is 4.74 Å². The highest BCUT2D eigenvalue weighted by Gasteiger charge is 2.05. The quantitative estimate of drug-likeness (QED) is 0.665. The number of nitrogen functional groups attached to an aromatic ring is 1. The first-order chi connectivity index (χ1) is 6.66. The third-order valence-corrected chi connectivity index (χ3v) is 2.84. The Morgan fingerprint density at radius 1 is 1.50 bits per heavy atom. The maximum atomic E-state index is 5.89. The van der Waals surface area contributed by atoms with Gasteiger partial charge in [0.2, 0.25) is 0 Å². The standard InChI is InChI=1S/C11H14BrNO/c1-3-4-7-14-10-6-5-9(12)8(2)11(10)13/h3-6H,7,13H2,1-2H3/b4-3+. The highest BCUT2D eigenvalue weighted by atomic mass is 79.9. The molecular formula is C11H14BrNO. The van der Waals surface area contributed by atoms with Crippen molar-refractivity contribution in [3.8, 4) is 5.75 Å². The van der Waals surface area contributed by atoms with E-state index < -0.39 is 0 Å². The van der Waals surface area contributed by atoms with Crippen molar-refractivity contribution in [3.05, 3.63) is 34.3 Å². The van der Waals surface area contributed by atoms with Crippen LogP contribution in [0.25, 0.3) is 0 Å². The lowest BCUT2D eigenvalue weighted by molar-refractivity contribution is 0.364. The van der Waals surface area contributed by atoms with Crippen LogP contribution in [0.2, 0.25) is 0 Å². The zero-order chi connectivity index (χ0) is 10.6. The van der Waals surface area contributed by atoms with Gasteiger partial charge in [-0.05, 0) is 31.5 Å². The van der Waals surface area contributed by atoms with E-state index in [4.69, 9.17) is 10.5 Å². The van der Waals surface area contributed by atoms with E-state index in [0.717, 1.165) is 15.8 Å². The molecule has 1 aromatic rings. The molecule has 0 aliphatic carbocycles. The van der Waals surface area contributed by atoms with Crippen LogP contribution in [-0.2, 0) is 0 Å². The fourth-order valence-electron chi connectivity index (χ4n) is 1.04. The van der Waals surface area contributed by atoms with Crippen molar-refractivity contribution >= 4 is 21.6 Å². The van der Waals surface area contributed by atoms with Gasteiger partial charge < -0.3 is 10.5 Å². The lowest BCUT2D eigenvalue weighted by atomic mass is 10.2. The molecular weight excluding hydrogens is 242 g/mol. The zero-order valence-electron chi connectivity index (χ0n) is 8.38. The van der Waals surface area contributed by atoms with Gasteiger partial charge in [0.1, 0.15) is 12.4 Å². The molecule has 3 heteroatoms. The highest BCUT2D eigenvalue weighted by molar-refractivity contribution is 9.10. The molecule has 0 unspecified atom stereocenters. The average Bonchev–Trinajstić information content (AvgIpc) is 2.18.